The van der Waals surface area contributed by atoms with Crippen LogP contribution in [0.4, 0.5) is 0 Å². The molecule has 1 saturated heterocycles. The van der Waals surface area contributed by atoms with Gasteiger partial charge in [-0.1, -0.05) is 36.8 Å². The van der Waals surface area contributed by atoms with Gasteiger partial charge in [0.15, 0.2) is 0 Å². The average Bonchev–Trinajstić information content (AvgIpc) is 2.48. The van der Waals surface area contributed by atoms with Crippen molar-refractivity contribution in [3.8, 4) is 0 Å². The van der Waals surface area contributed by atoms with Gasteiger partial charge in [0.05, 0.1) is 6.61 Å². The van der Waals surface area contributed by atoms with E-state index in [2.05, 4.69) is 50.1 Å². The van der Waals surface area contributed by atoms with Crippen molar-refractivity contribution >= 4 is 0 Å². The molecule has 21 heavy (non-hydrogen) atoms. The summed E-state index contributed by atoms with van der Waals surface area (Å²) in [5.74, 6) is 0.639. The molecule has 1 aromatic rings. The molecule has 2 N–H and O–H groups in total. The number of nitrogens with zero attached hydrogens (tertiary/aromatic N) is 1. The summed E-state index contributed by atoms with van der Waals surface area (Å²) < 4.78 is 5.62. The van der Waals surface area contributed by atoms with Gasteiger partial charge in [-0.05, 0) is 44.7 Å². The monoisotopic (exact) mass is 290 g/mol. The Balaban J connectivity index is 2.11. The number of ether oxygens (including phenoxy) is 1. The van der Waals surface area contributed by atoms with Crippen LogP contribution in [0.2, 0.25) is 0 Å². The molecule has 0 bridgehead atoms. The molecule has 0 aromatic heterocycles. The van der Waals surface area contributed by atoms with Gasteiger partial charge in [0.25, 0.3) is 0 Å². The Morgan fingerprint density at radius 1 is 1.43 bits per heavy atom. The van der Waals surface area contributed by atoms with E-state index in [9.17, 15) is 0 Å². The third kappa shape index (κ3) is 4.53. The van der Waals surface area contributed by atoms with Gasteiger partial charge in [0.2, 0.25) is 0 Å². The van der Waals surface area contributed by atoms with Gasteiger partial charge in [0, 0.05) is 25.2 Å². The van der Waals surface area contributed by atoms with E-state index in [0.29, 0.717) is 5.92 Å². The first kappa shape index (κ1) is 16.5. The number of hydrogen-bond donors (Lipinski definition) is 1. The molecule has 2 rings (SSSR count). The first-order valence-corrected chi connectivity index (χ1v) is 8.22. The SMILES string of the molecule is CCC(N)C(c1cccc(C)c1)N(C)CC1CCCOC1. The van der Waals surface area contributed by atoms with Gasteiger partial charge < -0.3 is 10.5 Å². The van der Waals surface area contributed by atoms with E-state index in [1.807, 2.05) is 0 Å². The Labute approximate surface area is 129 Å². The second kappa shape index (κ2) is 7.92. The van der Waals surface area contributed by atoms with Crippen molar-refractivity contribution in [2.24, 2.45) is 11.7 Å². The lowest BCUT2D eigenvalue weighted by Crippen LogP contribution is -2.42. The predicted molar refractivity (Wildman–Crippen MR) is 88.4 cm³/mol. The summed E-state index contributed by atoms with van der Waals surface area (Å²) in [7, 11) is 2.21. The molecule has 118 valence electrons. The molecule has 1 heterocycles. The van der Waals surface area contributed by atoms with E-state index in [1.54, 1.807) is 0 Å². The van der Waals surface area contributed by atoms with Crippen LogP contribution in [0, 0.1) is 12.8 Å². The lowest BCUT2D eigenvalue weighted by molar-refractivity contribution is 0.0338. The van der Waals surface area contributed by atoms with Crippen LogP contribution in [0.25, 0.3) is 0 Å². The highest BCUT2D eigenvalue weighted by molar-refractivity contribution is 5.26. The molecule has 0 spiro atoms. The fraction of sp³-hybridized carbons (Fsp3) is 0.667. The molecule has 3 unspecified atom stereocenters. The zero-order valence-electron chi connectivity index (χ0n) is 13.7. The Morgan fingerprint density at radius 3 is 2.86 bits per heavy atom. The van der Waals surface area contributed by atoms with Crippen molar-refractivity contribution in [2.45, 2.75) is 45.2 Å². The minimum absolute atomic E-state index is 0.168. The Morgan fingerprint density at radius 2 is 2.24 bits per heavy atom. The molecule has 0 saturated carbocycles. The smallest absolute Gasteiger partial charge is 0.0506 e. The van der Waals surface area contributed by atoms with Crippen LogP contribution >= 0.6 is 0 Å². The molecule has 0 radical (unpaired) electrons. The molecule has 3 atom stereocenters. The van der Waals surface area contributed by atoms with E-state index < -0.39 is 0 Å². The van der Waals surface area contributed by atoms with Crippen LogP contribution in [-0.2, 0) is 4.74 Å². The van der Waals surface area contributed by atoms with Crippen molar-refractivity contribution in [1.29, 1.82) is 0 Å². The molecule has 1 aliphatic heterocycles. The lowest BCUT2D eigenvalue weighted by atomic mass is 9.93. The van der Waals surface area contributed by atoms with Crippen LogP contribution in [0.5, 0.6) is 0 Å². The fourth-order valence-corrected chi connectivity index (χ4v) is 3.38. The largest absolute Gasteiger partial charge is 0.381 e. The van der Waals surface area contributed by atoms with Gasteiger partial charge in [-0.25, -0.2) is 0 Å². The highest BCUT2D eigenvalue weighted by atomic mass is 16.5. The number of rotatable bonds is 6. The summed E-state index contributed by atoms with van der Waals surface area (Å²) in [4.78, 5) is 2.43. The maximum Gasteiger partial charge on any atom is 0.0506 e. The van der Waals surface area contributed by atoms with Crippen molar-refractivity contribution < 1.29 is 4.74 Å². The zero-order chi connectivity index (χ0) is 15.2. The average molecular weight is 290 g/mol. The number of likely N-dealkylation sites (N-methyl/N-ethyl adjacent to an activating group) is 1. The summed E-state index contributed by atoms with van der Waals surface area (Å²) in [6.07, 6.45) is 3.45. The summed E-state index contributed by atoms with van der Waals surface area (Å²) in [6.45, 7) is 7.20. The molecular formula is C18H30N2O. The number of benzene rings is 1. The van der Waals surface area contributed by atoms with Crippen LogP contribution in [0.3, 0.4) is 0 Å². The van der Waals surface area contributed by atoms with Crippen molar-refractivity contribution in [3.05, 3.63) is 35.4 Å². The van der Waals surface area contributed by atoms with Crippen LogP contribution in [0.1, 0.15) is 43.4 Å². The van der Waals surface area contributed by atoms with E-state index >= 15 is 0 Å². The van der Waals surface area contributed by atoms with E-state index in [-0.39, 0.29) is 12.1 Å². The summed E-state index contributed by atoms with van der Waals surface area (Å²) in [6, 6.07) is 9.22. The first-order valence-electron chi connectivity index (χ1n) is 8.22. The minimum Gasteiger partial charge on any atom is -0.381 e. The predicted octanol–water partition coefficient (Wildman–Crippen LogP) is 3.13. The second-order valence-corrected chi connectivity index (χ2v) is 6.45. The van der Waals surface area contributed by atoms with Crippen molar-refractivity contribution in [1.82, 2.24) is 4.90 Å². The molecule has 0 aliphatic carbocycles. The van der Waals surface area contributed by atoms with Crippen LogP contribution in [0.15, 0.2) is 24.3 Å². The molecular weight excluding hydrogens is 260 g/mol. The molecule has 1 aromatic carbocycles. The van der Waals surface area contributed by atoms with Crippen LogP contribution in [-0.4, -0.2) is 37.7 Å². The first-order chi connectivity index (χ1) is 10.1. The summed E-state index contributed by atoms with van der Waals surface area (Å²) in [5, 5.41) is 0. The normalized spacial score (nSPS) is 22.2. The summed E-state index contributed by atoms with van der Waals surface area (Å²) in [5.41, 5.74) is 9.07. The Hall–Kier alpha value is -0.900. The highest BCUT2D eigenvalue weighted by Crippen LogP contribution is 2.27. The van der Waals surface area contributed by atoms with Crippen molar-refractivity contribution in [2.75, 3.05) is 26.8 Å². The zero-order valence-corrected chi connectivity index (χ0v) is 13.7. The van der Waals surface area contributed by atoms with Gasteiger partial charge in [-0.3, -0.25) is 4.90 Å². The van der Waals surface area contributed by atoms with Gasteiger partial charge in [-0.2, -0.15) is 0 Å². The molecule has 3 nitrogen and oxygen atoms in total. The topological polar surface area (TPSA) is 38.5 Å². The molecule has 1 fully saturated rings. The van der Waals surface area contributed by atoms with Crippen LogP contribution < -0.4 is 5.73 Å². The van der Waals surface area contributed by atoms with Gasteiger partial charge in [-0.15, -0.1) is 0 Å². The minimum atomic E-state index is 0.168. The number of nitrogens with two attached hydrogens (primary N) is 1. The molecule has 3 heteroatoms. The van der Waals surface area contributed by atoms with E-state index in [0.717, 1.165) is 26.2 Å². The standard InChI is InChI=1S/C18H30N2O/c1-4-17(19)18(16-9-5-7-14(2)11-16)20(3)12-15-8-6-10-21-13-15/h5,7,9,11,15,17-18H,4,6,8,10,12-13,19H2,1-3H3. The second-order valence-electron chi connectivity index (χ2n) is 6.45. The van der Waals surface area contributed by atoms with E-state index in [1.165, 1.54) is 24.0 Å². The summed E-state index contributed by atoms with van der Waals surface area (Å²) >= 11 is 0. The Kier molecular flexibility index (Phi) is 6.22. The van der Waals surface area contributed by atoms with Gasteiger partial charge >= 0.3 is 0 Å². The quantitative estimate of drug-likeness (QED) is 0.875. The fourth-order valence-electron chi connectivity index (χ4n) is 3.38. The molecule has 1 aliphatic rings. The maximum atomic E-state index is 6.43. The third-order valence-electron chi connectivity index (χ3n) is 4.54. The number of hydrogen-bond acceptors (Lipinski definition) is 3. The van der Waals surface area contributed by atoms with Gasteiger partial charge in [0.1, 0.15) is 0 Å². The highest BCUT2D eigenvalue weighted by Gasteiger charge is 2.26. The maximum absolute atomic E-state index is 6.43. The Bertz CT molecular complexity index is 429. The molecule has 0 amide bonds. The van der Waals surface area contributed by atoms with E-state index in [4.69, 9.17) is 10.5 Å². The van der Waals surface area contributed by atoms with Crippen molar-refractivity contribution in [3.63, 3.8) is 0 Å². The lowest BCUT2D eigenvalue weighted by Gasteiger charge is -2.36. The third-order valence-corrected chi connectivity index (χ3v) is 4.54. The number of aryl methyl sites for hydroxylation is 1.